The van der Waals surface area contributed by atoms with Gasteiger partial charge < -0.3 is 14.9 Å². The first-order chi connectivity index (χ1) is 15.6. The Labute approximate surface area is 203 Å². The zero-order chi connectivity index (χ0) is 24.0. The highest BCUT2D eigenvalue weighted by molar-refractivity contribution is 6.39. The van der Waals surface area contributed by atoms with E-state index in [1.807, 2.05) is 0 Å². The van der Waals surface area contributed by atoms with Crippen molar-refractivity contribution in [2.24, 2.45) is 21.4 Å². The normalized spacial score (nSPS) is 26.3. The monoisotopic (exact) mass is 488 g/mol. The van der Waals surface area contributed by atoms with Gasteiger partial charge in [0.1, 0.15) is 5.75 Å². The number of fused-ring (bicyclic) bond motifs is 2. The van der Waals surface area contributed by atoms with Gasteiger partial charge in [-0.2, -0.15) is 0 Å². The van der Waals surface area contributed by atoms with Crippen LogP contribution in [0.3, 0.4) is 0 Å². The zero-order valence-electron chi connectivity index (χ0n) is 19.0. The summed E-state index contributed by atoms with van der Waals surface area (Å²) in [5.41, 5.74) is -0.0661. The molecule has 0 aliphatic heterocycles. The molecule has 0 heterocycles. The molecule has 2 saturated carbocycles. The van der Waals surface area contributed by atoms with E-state index in [1.165, 1.54) is 0 Å². The van der Waals surface area contributed by atoms with Crippen molar-refractivity contribution < 1.29 is 19.2 Å². The van der Waals surface area contributed by atoms with E-state index in [1.54, 1.807) is 49.6 Å². The fourth-order valence-corrected chi connectivity index (χ4v) is 5.74. The maximum absolute atomic E-state index is 13.6. The lowest BCUT2D eigenvalue weighted by Gasteiger charge is -2.39. The van der Waals surface area contributed by atoms with Crippen molar-refractivity contribution in [3.05, 3.63) is 58.1 Å². The van der Waals surface area contributed by atoms with Gasteiger partial charge in [-0.1, -0.05) is 55.2 Å². The average Bonchev–Trinajstić information content (AvgIpc) is 3.10. The molecule has 1 amide bonds. The number of amides is 1. The van der Waals surface area contributed by atoms with Crippen LogP contribution in [0.2, 0.25) is 10.0 Å². The molecule has 2 aromatic rings. The average molecular weight is 489 g/mol. The first-order valence-corrected chi connectivity index (χ1v) is 11.5. The fraction of sp³-hybridized carbons (Fsp3) is 0.400. The second kappa shape index (κ2) is 8.33. The largest absolute Gasteiger partial charge is 0.497 e. The standard InChI is InChI=1S/C25H26Cl2N2O4/c1-23(2)24(3)12-13-25(23,22(31)28-20-17(26)6-5-7-18(20)27)14-19(24)29-33-21(30)15-8-10-16(32-4)11-9-15/h5-11H,12-14H2,1-4H3,(H,28,31). The molecule has 1 N–H and O–H groups in total. The predicted octanol–water partition coefficient (Wildman–Crippen LogP) is 6.37. The van der Waals surface area contributed by atoms with E-state index < -0.39 is 22.2 Å². The van der Waals surface area contributed by atoms with E-state index in [-0.39, 0.29) is 5.91 Å². The number of para-hydroxylation sites is 1. The summed E-state index contributed by atoms with van der Waals surface area (Å²) in [6.07, 6.45) is 1.83. The van der Waals surface area contributed by atoms with Crippen LogP contribution in [0.15, 0.2) is 47.6 Å². The van der Waals surface area contributed by atoms with Crippen molar-refractivity contribution in [1.29, 1.82) is 0 Å². The van der Waals surface area contributed by atoms with Gasteiger partial charge in [0.15, 0.2) is 0 Å². The van der Waals surface area contributed by atoms with Gasteiger partial charge in [0.2, 0.25) is 5.91 Å². The zero-order valence-corrected chi connectivity index (χ0v) is 20.5. The van der Waals surface area contributed by atoms with Crippen molar-refractivity contribution in [1.82, 2.24) is 0 Å². The maximum atomic E-state index is 13.6. The number of oxime groups is 1. The smallest absolute Gasteiger partial charge is 0.365 e. The molecular formula is C25H26Cl2N2O4. The Hall–Kier alpha value is -2.57. The van der Waals surface area contributed by atoms with E-state index in [9.17, 15) is 9.59 Å². The van der Waals surface area contributed by atoms with Gasteiger partial charge in [-0.25, -0.2) is 4.79 Å². The van der Waals surface area contributed by atoms with Gasteiger partial charge in [-0.05, 0) is 54.7 Å². The number of carbonyl (C=O) groups is 2. The van der Waals surface area contributed by atoms with Crippen molar-refractivity contribution in [2.45, 2.75) is 40.0 Å². The lowest BCUT2D eigenvalue weighted by Crippen LogP contribution is -2.43. The molecule has 0 spiro atoms. The second-order valence-corrected chi connectivity index (χ2v) is 10.2. The molecule has 0 saturated heterocycles. The number of anilines is 1. The van der Waals surface area contributed by atoms with E-state index >= 15 is 0 Å². The molecule has 2 aliphatic carbocycles. The number of hydrogen-bond acceptors (Lipinski definition) is 5. The number of halogens is 2. The summed E-state index contributed by atoms with van der Waals surface area (Å²) in [6, 6.07) is 11.7. The highest BCUT2D eigenvalue weighted by Crippen LogP contribution is 2.71. The van der Waals surface area contributed by atoms with Crippen LogP contribution in [0.5, 0.6) is 5.75 Å². The summed E-state index contributed by atoms with van der Waals surface area (Å²) >= 11 is 12.6. The summed E-state index contributed by atoms with van der Waals surface area (Å²) in [5.74, 6) is -0.0691. The lowest BCUT2D eigenvalue weighted by atomic mass is 9.64. The Bertz CT molecular complexity index is 1130. The summed E-state index contributed by atoms with van der Waals surface area (Å²) in [7, 11) is 1.56. The number of carbonyl (C=O) groups excluding carboxylic acids is 2. The number of nitrogens with one attached hydrogen (secondary N) is 1. The topological polar surface area (TPSA) is 77.0 Å². The quantitative estimate of drug-likeness (QED) is 0.391. The van der Waals surface area contributed by atoms with E-state index in [0.29, 0.717) is 45.6 Å². The molecule has 174 valence electrons. The van der Waals surface area contributed by atoms with Gasteiger partial charge in [0.05, 0.1) is 39.5 Å². The number of rotatable bonds is 5. The Morgan fingerprint density at radius 2 is 1.64 bits per heavy atom. The van der Waals surface area contributed by atoms with Crippen molar-refractivity contribution in [3.63, 3.8) is 0 Å². The SMILES string of the molecule is COc1ccc(C(=O)ON=C2CC3(C(=O)Nc4c(Cl)cccc4Cl)CCC2(C)C3(C)C)cc1. The third-order valence-corrected chi connectivity index (χ3v) is 8.56. The lowest BCUT2D eigenvalue weighted by molar-refractivity contribution is -0.130. The molecule has 2 aromatic carbocycles. The number of nitrogens with zero attached hydrogens (tertiary/aromatic N) is 1. The van der Waals surface area contributed by atoms with Crippen LogP contribution in [-0.4, -0.2) is 24.7 Å². The van der Waals surface area contributed by atoms with E-state index in [2.05, 4.69) is 31.2 Å². The molecule has 2 aliphatic rings. The number of methoxy groups -OCH3 is 1. The van der Waals surface area contributed by atoms with Crippen molar-refractivity contribution >= 4 is 46.5 Å². The molecule has 33 heavy (non-hydrogen) atoms. The van der Waals surface area contributed by atoms with Gasteiger partial charge >= 0.3 is 5.97 Å². The summed E-state index contributed by atoms with van der Waals surface area (Å²) in [5, 5.41) is 7.98. The second-order valence-electron chi connectivity index (χ2n) is 9.41. The third-order valence-electron chi connectivity index (χ3n) is 7.93. The number of hydrogen-bond donors (Lipinski definition) is 1. The minimum Gasteiger partial charge on any atom is -0.497 e. The molecule has 2 bridgehead atoms. The minimum atomic E-state index is -0.727. The molecule has 0 radical (unpaired) electrons. The van der Waals surface area contributed by atoms with Crippen LogP contribution in [-0.2, 0) is 9.63 Å². The summed E-state index contributed by atoms with van der Waals surface area (Å²) in [6.45, 7) is 6.22. The maximum Gasteiger partial charge on any atom is 0.365 e. The van der Waals surface area contributed by atoms with E-state index in [4.69, 9.17) is 32.8 Å². The Morgan fingerprint density at radius 3 is 2.24 bits per heavy atom. The van der Waals surface area contributed by atoms with Crippen LogP contribution >= 0.6 is 23.2 Å². The first kappa shape index (κ1) is 23.6. The molecule has 6 nitrogen and oxygen atoms in total. The van der Waals surface area contributed by atoms with Crippen LogP contribution in [0.1, 0.15) is 50.4 Å². The van der Waals surface area contributed by atoms with Gasteiger partial charge in [0.25, 0.3) is 0 Å². The predicted molar refractivity (Wildman–Crippen MR) is 129 cm³/mol. The van der Waals surface area contributed by atoms with Crippen LogP contribution in [0, 0.1) is 16.2 Å². The molecule has 4 rings (SSSR count). The Kier molecular flexibility index (Phi) is 5.95. The van der Waals surface area contributed by atoms with Gasteiger partial charge in [-0.15, -0.1) is 0 Å². The highest BCUT2D eigenvalue weighted by Gasteiger charge is 2.71. The molecule has 2 unspecified atom stereocenters. The molecular weight excluding hydrogens is 463 g/mol. The first-order valence-electron chi connectivity index (χ1n) is 10.7. The van der Waals surface area contributed by atoms with E-state index in [0.717, 1.165) is 6.42 Å². The number of ether oxygens (including phenoxy) is 1. The third kappa shape index (κ3) is 3.60. The van der Waals surface area contributed by atoms with Crippen LogP contribution in [0.4, 0.5) is 5.69 Å². The van der Waals surface area contributed by atoms with Crippen LogP contribution in [0.25, 0.3) is 0 Å². The van der Waals surface area contributed by atoms with Crippen molar-refractivity contribution in [3.8, 4) is 5.75 Å². The highest BCUT2D eigenvalue weighted by atomic mass is 35.5. The Balaban J connectivity index is 1.59. The van der Waals surface area contributed by atoms with Gasteiger partial charge in [0, 0.05) is 11.8 Å². The molecule has 2 fully saturated rings. The fourth-order valence-electron chi connectivity index (χ4n) is 5.25. The summed E-state index contributed by atoms with van der Waals surface area (Å²) in [4.78, 5) is 31.5. The van der Waals surface area contributed by atoms with Gasteiger partial charge in [-0.3, -0.25) is 4.79 Å². The van der Waals surface area contributed by atoms with Crippen LogP contribution < -0.4 is 10.1 Å². The van der Waals surface area contributed by atoms with Crippen molar-refractivity contribution in [2.75, 3.05) is 12.4 Å². The molecule has 0 aromatic heterocycles. The minimum absolute atomic E-state index is 0.155. The summed E-state index contributed by atoms with van der Waals surface area (Å²) < 4.78 is 5.12. The Morgan fingerprint density at radius 1 is 1.00 bits per heavy atom. The molecule has 2 atom stereocenters. The number of benzene rings is 2. The molecule has 8 heteroatoms.